The first-order valence-electron chi connectivity index (χ1n) is 11.6. The van der Waals surface area contributed by atoms with E-state index >= 15 is 0 Å². The van der Waals surface area contributed by atoms with Crippen molar-refractivity contribution in [2.24, 2.45) is 0 Å². The highest BCUT2D eigenvalue weighted by atomic mass is 32.1. The van der Waals surface area contributed by atoms with Crippen molar-refractivity contribution in [3.63, 3.8) is 0 Å². The van der Waals surface area contributed by atoms with Crippen molar-refractivity contribution in [1.29, 1.82) is 0 Å². The molecular formula is C25H31N5O4S. The van der Waals surface area contributed by atoms with E-state index in [2.05, 4.69) is 9.97 Å². The second-order valence-corrected chi connectivity index (χ2v) is 9.07. The Hall–Kier alpha value is -3.66. The zero-order valence-corrected chi connectivity index (χ0v) is 21.1. The number of aryl methyl sites for hydroxylation is 1. The molecule has 0 atom stereocenters. The lowest BCUT2D eigenvalue weighted by Crippen LogP contribution is -2.41. The van der Waals surface area contributed by atoms with Crippen molar-refractivity contribution in [3.8, 4) is 5.75 Å². The van der Waals surface area contributed by atoms with Gasteiger partial charge in [-0.1, -0.05) is 38.5 Å². The molecule has 0 unspecified atom stereocenters. The van der Waals surface area contributed by atoms with Gasteiger partial charge in [0.05, 0.1) is 10.7 Å². The summed E-state index contributed by atoms with van der Waals surface area (Å²) in [6.45, 7) is 6.76. The van der Waals surface area contributed by atoms with Crippen molar-refractivity contribution in [3.05, 3.63) is 72.8 Å². The largest absolute Gasteiger partial charge is 0.487 e. The number of rotatable bonds is 11. The Kier molecular flexibility index (Phi) is 9.02. The number of unbranched alkanes of at least 4 members (excludes halogenated alkanes) is 1. The molecule has 0 radical (unpaired) electrons. The van der Waals surface area contributed by atoms with Crippen LogP contribution >= 0.6 is 11.3 Å². The Balaban J connectivity index is 1.87. The van der Waals surface area contributed by atoms with Crippen molar-refractivity contribution in [1.82, 2.24) is 14.5 Å². The Morgan fingerprint density at radius 1 is 1.26 bits per heavy atom. The van der Waals surface area contributed by atoms with Crippen molar-refractivity contribution >= 4 is 34.8 Å². The van der Waals surface area contributed by atoms with Gasteiger partial charge in [-0.15, -0.1) is 11.3 Å². The number of H-pyrrole nitrogens is 1. The van der Waals surface area contributed by atoms with Crippen LogP contribution in [-0.4, -0.2) is 27.0 Å². The van der Waals surface area contributed by atoms with Gasteiger partial charge in [-0.25, -0.2) is 9.78 Å². The molecule has 3 N–H and O–H groups in total. The second kappa shape index (κ2) is 12.2. The van der Waals surface area contributed by atoms with Crippen LogP contribution in [0.15, 0.2) is 45.3 Å². The number of aromatic nitrogens is 3. The van der Waals surface area contributed by atoms with Gasteiger partial charge in [-0.3, -0.25) is 19.1 Å². The monoisotopic (exact) mass is 497 g/mol. The molecule has 0 aliphatic heterocycles. The minimum Gasteiger partial charge on any atom is -0.487 e. The molecule has 0 bridgehead atoms. The first-order chi connectivity index (χ1) is 16.8. The molecule has 0 aliphatic rings. The SMILES string of the molecule is CCCCn1c(N)c(N(CCC)C(=O)/C=C/c2ccccc2OCc2csc(C)n2)c(=O)[nH]c1=O. The number of amides is 1. The van der Waals surface area contributed by atoms with E-state index in [0.29, 0.717) is 37.3 Å². The number of hydrogen-bond donors (Lipinski definition) is 2. The number of nitrogens with one attached hydrogen (secondary N) is 1. The van der Waals surface area contributed by atoms with Gasteiger partial charge in [0.2, 0.25) is 0 Å². The number of nitrogen functional groups attached to an aromatic ring is 1. The molecule has 1 aromatic carbocycles. The number of hydrogen-bond acceptors (Lipinski definition) is 7. The molecule has 2 aromatic heterocycles. The number of anilines is 2. The highest BCUT2D eigenvalue weighted by Crippen LogP contribution is 2.23. The zero-order chi connectivity index (χ0) is 25.4. The van der Waals surface area contributed by atoms with Gasteiger partial charge >= 0.3 is 5.69 Å². The number of para-hydroxylation sites is 1. The van der Waals surface area contributed by atoms with Gasteiger partial charge in [0.1, 0.15) is 18.2 Å². The number of aromatic amines is 1. The average Bonchev–Trinajstić information content (AvgIpc) is 3.26. The third-order valence-corrected chi connectivity index (χ3v) is 6.12. The molecule has 0 fully saturated rings. The summed E-state index contributed by atoms with van der Waals surface area (Å²) < 4.78 is 7.23. The van der Waals surface area contributed by atoms with Gasteiger partial charge in [0.25, 0.3) is 11.5 Å². The fourth-order valence-corrected chi connectivity index (χ4v) is 4.16. The first-order valence-corrected chi connectivity index (χ1v) is 12.5. The Labute approximate surface area is 207 Å². The summed E-state index contributed by atoms with van der Waals surface area (Å²) in [6.07, 6.45) is 5.19. The molecular weight excluding hydrogens is 466 g/mol. The van der Waals surface area contributed by atoms with E-state index in [0.717, 1.165) is 17.1 Å². The van der Waals surface area contributed by atoms with Crippen molar-refractivity contribution < 1.29 is 9.53 Å². The van der Waals surface area contributed by atoms with Crippen LogP contribution in [0.25, 0.3) is 6.08 Å². The fraction of sp³-hybridized carbons (Fsp3) is 0.360. The minimum atomic E-state index is -0.683. The van der Waals surface area contributed by atoms with Crippen LogP contribution in [0.4, 0.5) is 11.5 Å². The van der Waals surface area contributed by atoms with E-state index in [9.17, 15) is 14.4 Å². The third-order valence-electron chi connectivity index (χ3n) is 5.30. The summed E-state index contributed by atoms with van der Waals surface area (Å²) in [5, 5.41) is 2.91. The summed E-state index contributed by atoms with van der Waals surface area (Å²) in [7, 11) is 0. The van der Waals surface area contributed by atoms with E-state index in [1.165, 1.54) is 15.5 Å². The molecule has 2 heterocycles. The smallest absolute Gasteiger partial charge is 0.330 e. The van der Waals surface area contributed by atoms with Crippen LogP contribution < -0.4 is 26.6 Å². The highest BCUT2D eigenvalue weighted by molar-refractivity contribution is 7.09. The van der Waals surface area contributed by atoms with Crippen LogP contribution in [0.1, 0.15) is 49.4 Å². The predicted molar refractivity (Wildman–Crippen MR) is 140 cm³/mol. The van der Waals surface area contributed by atoms with Gasteiger partial charge in [-0.2, -0.15) is 0 Å². The predicted octanol–water partition coefficient (Wildman–Crippen LogP) is 3.72. The molecule has 35 heavy (non-hydrogen) atoms. The van der Waals surface area contributed by atoms with Crippen LogP contribution in [0.5, 0.6) is 5.75 Å². The van der Waals surface area contributed by atoms with E-state index in [1.54, 1.807) is 17.4 Å². The van der Waals surface area contributed by atoms with Crippen LogP contribution in [0.3, 0.4) is 0 Å². The van der Waals surface area contributed by atoms with Crippen molar-refractivity contribution in [2.75, 3.05) is 17.2 Å². The first kappa shape index (κ1) is 26.0. The number of nitrogens with two attached hydrogens (primary N) is 1. The second-order valence-electron chi connectivity index (χ2n) is 8.01. The summed E-state index contributed by atoms with van der Waals surface area (Å²) in [6, 6.07) is 7.35. The lowest BCUT2D eigenvalue weighted by Gasteiger charge is -2.23. The molecule has 0 aliphatic carbocycles. The fourth-order valence-electron chi connectivity index (χ4n) is 3.56. The number of ether oxygens (including phenoxy) is 1. The molecule has 9 nitrogen and oxygen atoms in total. The third kappa shape index (κ3) is 6.48. The molecule has 0 saturated carbocycles. The summed E-state index contributed by atoms with van der Waals surface area (Å²) >= 11 is 1.56. The van der Waals surface area contributed by atoms with Crippen molar-refractivity contribution in [2.45, 2.75) is 53.2 Å². The van der Waals surface area contributed by atoms with Crippen LogP contribution in [-0.2, 0) is 17.9 Å². The standard InChI is InChI=1S/C25H31N5O4S/c1-4-6-14-30-23(26)22(24(32)28-25(30)33)29(13-5-2)21(31)12-11-18-9-7-8-10-20(18)34-15-19-16-35-17(3)27-19/h7-12,16H,4-6,13-15,26H2,1-3H3,(H,28,32,33)/b12-11+. The number of carbonyl (C=O) groups excluding carboxylic acids is 1. The lowest BCUT2D eigenvalue weighted by molar-refractivity contribution is -0.114. The number of nitrogens with zero attached hydrogens (tertiary/aromatic N) is 3. The zero-order valence-electron chi connectivity index (χ0n) is 20.2. The maximum Gasteiger partial charge on any atom is 0.330 e. The Morgan fingerprint density at radius 2 is 2.03 bits per heavy atom. The molecule has 3 aromatic rings. The molecule has 0 saturated heterocycles. The summed E-state index contributed by atoms with van der Waals surface area (Å²) in [4.78, 5) is 46.2. The van der Waals surface area contributed by atoms with Gasteiger partial charge in [0.15, 0.2) is 5.69 Å². The highest BCUT2D eigenvalue weighted by Gasteiger charge is 2.22. The van der Waals surface area contributed by atoms with E-state index < -0.39 is 17.2 Å². The lowest BCUT2D eigenvalue weighted by atomic mass is 10.2. The summed E-state index contributed by atoms with van der Waals surface area (Å²) in [5.41, 5.74) is 6.49. The molecule has 186 valence electrons. The minimum absolute atomic E-state index is 0.00955. The normalized spacial score (nSPS) is 11.2. The van der Waals surface area contributed by atoms with E-state index in [1.807, 2.05) is 50.4 Å². The average molecular weight is 498 g/mol. The van der Waals surface area contributed by atoms with Gasteiger partial charge in [0, 0.05) is 30.1 Å². The Morgan fingerprint density at radius 3 is 2.71 bits per heavy atom. The molecule has 1 amide bonds. The van der Waals surface area contributed by atoms with Gasteiger partial charge in [-0.05, 0) is 31.9 Å². The molecule has 3 rings (SSSR count). The van der Waals surface area contributed by atoms with Gasteiger partial charge < -0.3 is 15.4 Å². The topological polar surface area (TPSA) is 123 Å². The number of benzene rings is 1. The maximum atomic E-state index is 13.2. The number of thiazole rings is 1. The van der Waals surface area contributed by atoms with Crippen LogP contribution in [0.2, 0.25) is 0 Å². The quantitative estimate of drug-likeness (QED) is 0.389. The number of carbonyl (C=O) groups is 1. The Bertz CT molecular complexity index is 1310. The molecule has 10 heteroatoms. The molecule has 0 spiro atoms. The summed E-state index contributed by atoms with van der Waals surface area (Å²) in [5.74, 6) is 0.175. The van der Waals surface area contributed by atoms with E-state index in [4.69, 9.17) is 10.5 Å². The van der Waals surface area contributed by atoms with Crippen LogP contribution in [0, 0.1) is 6.92 Å². The van der Waals surface area contributed by atoms with E-state index in [-0.39, 0.29) is 18.1 Å². The maximum absolute atomic E-state index is 13.2.